The molecule has 29 heavy (non-hydrogen) atoms. The van der Waals surface area contributed by atoms with E-state index in [0.717, 1.165) is 54.4 Å². The van der Waals surface area contributed by atoms with E-state index in [-0.39, 0.29) is 5.91 Å². The number of benzene rings is 2. The van der Waals surface area contributed by atoms with E-state index < -0.39 is 5.60 Å². The first kappa shape index (κ1) is 19.7. The Hall–Kier alpha value is -2.59. The van der Waals surface area contributed by atoms with Crippen molar-refractivity contribution in [2.45, 2.75) is 45.6 Å². The number of aromatic amines is 1. The molecule has 4 rings (SSSR count). The summed E-state index contributed by atoms with van der Waals surface area (Å²) in [6.07, 6.45) is 2.67. The van der Waals surface area contributed by atoms with E-state index in [1.165, 1.54) is 5.56 Å². The Bertz CT molecular complexity index is 1010. The van der Waals surface area contributed by atoms with Crippen LogP contribution < -0.4 is 0 Å². The van der Waals surface area contributed by atoms with Gasteiger partial charge < -0.3 is 15.0 Å². The quantitative estimate of drug-likeness (QED) is 0.647. The summed E-state index contributed by atoms with van der Waals surface area (Å²) >= 11 is 0. The van der Waals surface area contributed by atoms with Gasteiger partial charge in [0.15, 0.2) is 0 Å². The zero-order valence-electron chi connectivity index (χ0n) is 17.5. The molecular formula is C25H30N2O2. The molecule has 3 aromatic rings. The Balaban J connectivity index is 1.65. The van der Waals surface area contributed by atoms with Crippen LogP contribution in [0.15, 0.2) is 48.5 Å². The van der Waals surface area contributed by atoms with Crippen molar-refractivity contribution in [3.63, 3.8) is 0 Å². The van der Waals surface area contributed by atoms with Gasteiger partial charge in [0.1, 0.15) is 5.69 Å². The van der Waals surface area contributed by atoms with Crippen LogP contribution in [0.5, 0.6) is 0 Å². The van der Waals surface area contributed by atoms with E-state index in [1.54, 1.807) is 0 Å². The van der Waals surface area contributed by atoms with Gasteiger partial charge in [-0.05, 0) is 63.6 Å². The molecule has 2 heterocycles. The third kappa shape index (κ3) is 4.23. The first-order chi connectivity index (χ1) is 13.8. The molecule has 0 saturated carbocycles. The van der Waals surface area contributed by atoms with Crippen LogP contribution in [0.4, 0.5) is 0 Å². The van der Waals surface area contributed by atoms with Gasteiger partial charge in [-0.15, -0.1) is 0 Å². The third-order valence-corrected chi connectivity index (χ3v) is 5.92. The molecule has 4 nitrogen and oxygen atoms in total. The number of amides is 1. The molecule has 0 atom stereocenters. The van der Waals surface area contributed by atoms with Gasteiger partial charge in [-0.3, -0.25) is 4.79 Å². The molecule has 1 aliphatic rings. The van der Waals surface area contributed by atoms with Crippen molar-refractivity contribution in [1.82, 2.24) is 9.88 Å². The fraction of sp³-hybridized carbons (Fsp3) is 0.400. The summed E-state index contributed by atoms with van der Waals surface area (Å²) in [5.74, 6) is 0.539. The minimum absolute atomic E-state index is 0.0689. The summed E-state index contributed by atoms with van der Waals surface area (Å²) in [7, 11) is 0. The predicted octanol–water partition coefficient (Wildman–Crippen LogP) is 5.16. The Labute approximate surface area is 172 Å². The van der Waals surface area contributed by atoms with Crippen molar-refractivity contribution in [2.24, 2.45) is 5.92 Å². The number of likely N-dealkylation sites (tertiary alicyclic amines) is 1. The summed E-state index contributed by atoms with van der Waals surface area (Å²) in [5.41, 5.74) is 4.26. The van der Waals surface area contributed by atoms with Gasteiger partial charge >= 0.3 is 0 Å². The highest BCUT2D eigenvalue weighted by molar-refractivity contribution is 6.09. The van der Waals surface area contributed by atoms with Gasteiger partial charge in [-0.2, -0.15) is 0 Å². The normalized spacial score (nSPS) is 15.8. The Morgan fingerprint density at radius 2 is 1.83 bits per heavy atom. The molecule has 0 spiro atoms. The Kier molecular flexibility index (Phi) is 5.22. The highest BCUT2D eigenvalue weighted by atomic mass is 16.3. The predicted molar refractivity (Wildman–Crippen MR) is 118 cm³/mol. The number of hydrogen-bond acceptors (Lipinski definition) is 2. The number of rotatable bonds is 4. The van der Waals surface area contributed by atoms with Gasteiger partial charge in [0, 0.05) is 29.6 Å². The monoisotopic (exact) mass is 390 g/mol. The number of carbonyl (C=O) groups excluding carboxylic acids is 1. The minimum Gasteiger partial charge on any atom is -0.390 e. The molecule has 2 aromatic carbocycles. The molecule has 1 aliphatic heterocycles. The molecule has 0 unspecified atom stereocenters. The number of piperidine rings is 1. The van der Waals surface area contributed by atoms with Crippen LogP contribution in [0, 0.1) is 12.8 Å². The lowest BCUT2D eigenvalue weighted by Gasteiger charge is -2.34. The van der Waals surface area contributed by atoms with Crippen LogP contribution in [0.25, 0.3) is 22.0 Å². The van der Waals surface area contributed by atoms with Crippen molar-refractivity contribution >= 4 is 16.8 Å². The van der Waals surface area contributed by atoms with E-state index in [2.05, 4.69) is 42.2 Å². The number of fused-ring (bicyclic) bond motifs is 1. The smallest absolute Gasteiger partial charge is 0.270 e. The van der Waals surface area contributed by atoms with Gasteiger partial charge in [0.2, 0.25) is 0 Å². The standard InChI is InChI=1S/C25H30N2O2/c1-17-9-10-21-20(15-17)22(19-7-5-4-6-8-19)23(26-21)24(28)27-13-11-18(12-14-27)16-25(2,3)29/h4-10,15,18,26,29H,11-14,16H2,1-3H3. The molecular weight excluding hydrogens is 360 g/mol. The Morgan fingerprint density at radius 1 is 1.14 bits per heavy atom. The second-order valence-corrected chi connectivity index (χ2v) is 9.04. The summed E-state index contributed by atoms with van der Waals surface area (Å²) in [6.45, 7) is 7.28. The molecule has 0 bridgehead atoms. The minimum atomic E-state index is -0.646. The number of nitrogens with zero attached hydrogens (tertiary/aromatic N) is 1. The number of aliphatic hydroxyl groups is 1. The average molecular weight is 391 g/mol. The molecule has 1 amide bonds. The van der Waals surface area contributed by atoms with E-state index in [9.17, 15) is 9.90 Å². The first-order valence-electron chi connectivity index (χ1n) is 10.5. The van der Waals surface area contributed by atoms with Crippen LogP contribution in [0.1, 0.15) is 49.2 Å². The third-order valence-electron chi connectivity index (χ3n) is 5.92. The van der Waals surface area contributed by atoms with E-state index in [0.29, 0.717) is 11.6 Å². The largest absolute Gasteiger partial charge is 0.390 e. The molecule has 1 saturated heterocycles. The van der Waals surface area contributed by atoms with E-state index in [4.69, 9.17) is 0 Å². The van der Waals surface area contributed by atoms with Gasteiger partial charge in [-0.25, -0.2) is 0 Å². The molecule has 0 radical (unpaired) electrons. The topological polar surface area (TPSA) is 56.3 Å². The number of hydrogen-bond donors (Lipinski definition) is 2. The van der Waals surface area contributed by atoms with Gasteiger partial charge in [-0.1, -0.05) is 42.0 Å². The maximum Gasteiger partial charge on any atom is 0.270 e. The van der Waals surface area contributed by atoms with Gasteiger partial charge in [0.25, 0.3) is 5.91 Å². The zero-order valence-corrected chi connectivity index (χ0v) is 17.5. The van der Waals surface area contributed by atoms with Crippen LogP contribution in [0.3, 0.4) is 0 Å². The maximum atomic E-state index is 13.5. The summed E-state index contributed by atoms with van der Waals surface area (Å²) in [4.78, 5) is 18.9. The number of carbonyl (C=O) groups is 1. The maximum absolute atomic E-state index is 13.5. The number of nitrogens with one attached hydrogen (secondary N) is 1. The fourth-order valence-corrected chi connectivity index (χ4v) is 4.58. The van der Waals surface area contributed by atoms with Crippen LogP contribution in [0.2, 0.25) is 0 Å². The number of aryl methyl sites for hydroxylation is 1. The highest BCUT2D eigenvalue weighted by Gasteiger charge is 2.29. The molecule has 1 fully saturated rings. The zero-order chi connectivity index (χ0) is 20.6. The first-order valence-corrected chi connectivity index (χ1v) is 10.5. The SMILES string of the molecule is Cc1ccc2[nH]c(C(=O)N3CCC(CC(C)(C)O)CC3)c(-c3ccccc3)c2c1. The van der Waals surface area contributed by atoms with Crippen LogP contribution >= 0.6 is 0 Å². The molecule has 2 N–H and O–H groups in total. The molecule has 1 aromatic heterocycles. The Morgan fingerprint density at radius 3 is 2.48 bits per heavy atom. The highest BCUT2D eigenvalue weighted by Crippen LogP contribution is 2.35. The van der Waals surface area contributed by atoms with Crippen molar-refractivity contribution in [2.75, 3.05) is 13.1 Å². The summed E-state index contributed by atoms with van der Waals surface area (Å²) in [5, 5.41) is 11.2. The van der Waals surface area contributed by atoms with Crippen LogP contribution in [-0.2, 0) is 0 Å². The lowest BCUT2D eigenvalue weighted by molar-refractivity contribution is 0.0357. The molecule has 4 heteroatoms. The van der Waals surface area contributed by atoms with Crippen molar-refractivity contribution in [3.05, 3.63) is 59.8 Å². The van der Waals surface area contributed by atoms with E-state index >= 15 is 0 Å². The van der Waals surface area contributed by atoms with Crippen molar-refractivity contribution in [3.8, 4) is 11.1 Å². The lowest BCUT2D eigenvalue weighted by Crippen LogP contribution is -2.40. The van der Waals surface area contributed by atoms with E-state index in [1.807, 2.05) is 36.9 Å². The number of aromatic nitrogens is 1. The second-order valence-electron chi connectivity index (χ2n) is 9.04. The van der Waals surface area contributed by atoms with Crippen molar-refractivity contribution < 1.29 is 9.90 Å². The van der Waals surface area contributed by atoms with Crippen molar-refractivity contribution in [1.29, 1.82) is 0 Å². The summed E-state index contributed by atoms with van der Waals surface area (Å²) < 4.78 is 0. The van der Waals surface area contributed by atoms with Gasteiger partial charge in [0.05, 0.1) is 5.60 Å². The number of H-pyrrole nitrogens is 1. The second kappa shape index (κ2) is 7.68. The fourth-order valence-electron chi connectivity index (χ4n) is 4.58. The molecule has 0 aliphatic carbocycles. The van der Waals surface area contributed by atoms with Crippen LogP contribution in [-0.4, -0.2) is 39.6 Å². The molecule has 152 valence electrons. The average Bonchev–Trinajstić information content (AvgIpc) is 3.06. The summed E-state index contributed by atoms with van der Waals surface area (Å²) in [6, 6.07) is 16.4. The lowest BCUT2D eigenvalue weighted by atomic mass is 9.86.